The normalized spacial score (nSPS) is 15.6. The zero-order valence-electron chi connectivity index (χ0n) is 12.5. The average Bonchev–Trinajstić information content (AvgIpc) is 2.67. The molecule has 1 aromatic heterocycles. The Morgan fingerprint density at radius 1 is 1.35 bits per heavy atom. The fourth-order valence-corrected chi connectivity index (χ4v) is 2.66. The summed E-state index contributed by atoms with van der Waals surface area (Å²) in [6.45, 7) is 4.60. The van der Waals surface area contributed by atoms with Gasteiger partial charge in [0.15, 0.2) is 0 Å². The summed E-state index contributed by atoms with van der Waals surface area (Å²) in [5.41, 5.74) is 3.10. The lowest BCUT2D eigenvalue weighted by Crippen LogP contribution is -2.26. The Morgan fingerprint density at radius 3 is 2.95 bits per heavy atom. The predicted molar refractivity (Wildman–Crippen MR) is 78.5 cm³/mol. The van der Waals surface area contributed by atoms with Crippen LogP contribution in [0, 0.1) is 13.8 Å². The second kappa shape index (κ2) is 7.27. The van der Waals surface area contributed by atoms with E-state index in [1.165, 1.54) is 18.4 Å². The number of amides is 1. The molecule has 1 amide bonds. The van der Waals surface area contributed by atoms with E-state index in [9.17, 15) is 4.79 Å². The molecule has 1 heterocycles. The zero-order valence-corrected chi connectivity index (χ0v) is 12.5. The average molecular weight is 276 g/mol. The fraction of sp³-hybridized carbons (Fsp3) is 0.625. The van der Waals surface area contributed by atoms with Crippen LogP contribution in [0.4, 0.5) is 0 Å². The maximum atomic E-state index is 12.0. The number of rotatable bonds is 5. The quantitative estimate of drug-likeness (QED) is 0.840. The first kappa shape index (κ1) is 14.8. The fourth-order valence-electron chi connectivity index (χ4n) is 2.66. The highest BCUT2D eigenvalue weighted by molar-refractivity contribution is 5.93. The topological polar surface area (TPSA) is 55.1 Å². The van der Waals surface area contributed by atoms with Crippen molar-refractivity contribution in [3.8, 4) is 0 Å². The van der Waals surface area contributed by atoms with Crippen molar-refractivity contribution in [1.82, 2.24) is 10.5 Å². The van der Waals surface area contributed by atoms with E-state index < -0.39 is 0 Å². The van der Waals surface area contributed by atoms with Crippen LogP contribution in [0.15, 0.2) is 16.2 Å². The highest BCUT2D eigenvalue weighted by Crippen LogP contribution is 2.17. The molecule has 4 heteroatoms. The lowest BCUT2D eigenvalue weighted by molar-refractivity contribution is -0.117. The molecule has 0 aromatic carbocycles. The molecule has 20 heavy (non-hydrogen) atoms. The van der Waals surface area contributed by atoms with E-state index >= 15 is 0 Å². The van der Waals surface area contributed by atoms with E-state index in [0.717, 1.165) is 49.1 Å². The summed E-state index contributed by atoms with van der Waals surface area (Å²) in [4.78, 5) is 12.0. The van der Waals surface area contributed by atoms with E-state index in [2.05, 4.69) is 16.5 Å². The van der Waals surface area contributed by atoms with Crippen molar-refractivity contribution in [2.45, 2.75) is 58.8 Å². The third-order valence-corrected chi connectivity index (χ3v) is 3.90. The van der Waals surface area contributed by atoms with Gasteiger partial charge in [-0.1, -0.05) is 17.7 Å². The van der Waals surface area contributed by atoms with Gasteiger partial charge in [-0.15, -0.1) is 0 Å². The third-order valence-electron chi connectivity index (χ3n) is 3.90. The Morgan fingerprint density at radius 2 is 2.20 bits per heavy atom. The van der Waals surface area contributed by atoms with E-state index in [-0.39, 0.29) is 5.91 Å². The lowest BCUT2D eigenvalue weighted by Gasteiger charge is -2.07. The molecule has 2 rings (SSSR count). The van der Waals surface area contributed by atoms with Crippen LogP contribution in [0.2, 0.25) is 0 Å². The van der Waals surface area contributed by atoms with E-state index in [1.807, 2.05) is 13.8 Å². The molecule has 1 N–H and O–H groups in total. The third kappa shape index (κ3) is 3.95. The van der Waals surface area contributed by atoms with Crippen LogP contribution in [0.1, 0.15) is 55.5 Å². The van der Waals surface area contributed by atoms with Crippen molar-refractivity contribution in [1.29, 1.82) is 0 Å². The van der Waals surface area contributed by atoms with Gasteiger partial charge >= 0.3 is 0 Å². The van der Waals surface area contributed by atoms with Gasteiger partial charge < -0.3 is 9.84 Å². The Hall–Kier alpha value is -1.58. The molecule has 0 bridgehead atoms. The number of aromatic nitrogens is 1. The molecule has 1 aromatic rings. The highest BCUT2D eigenvalue weighted by atomic mass is 16.5. The number of allylic oxidation sites excluding steroid dienone is 1. The molecule has 0 radical (unpaired) electrons. The standard InChI is InChI=1S/C16H24N2O2/c1-12-15(13(2)20-18-12)10-7-11-17-16(19)14-8-5-3-4-6-9-14/h8H,3-7,9-11H2,1-2H3,(H,17,19). The minimum Gasteiger partial charge on any atom is -0.361 e. The van der Waals surface area contributed by atoms with Crippen molar-refractivity contribution in [3.63, 3.8) is 0 Å². The number of hydrogen-bond acceptors (Lipinski definition) is 3. The summed E-state index contributed by atoms with van der Waals surface area (Å²) >= 11 is 0. The summed E-state index contributed by atoms with van der Waals surface area (Å²) in [7, 11) is 0. The minimum absolute atomic E-state index is 0.116. The van der Waals surface area contributed by atoms with Gasteiger partial charge in [-0.3, -0.25) is 4.79 Å². The molecule has 4 nitrogen and oxygen atoms in total. The van der Waals surface area contributed by atoms with Crippen molar-refractivity contribution in [3.05, 3.63) is 28.7 Å². The summed E-state index contributed by atoms with van der Waals surface area (Å²) < 4.78 is 5.14. The van der Waals surface area contributed by atoms with Crippen LogP contribution in [0.25, 0.3) is 0 Å². The molecule has 0 saturated heterocycles. The number of hydrogen-bond donors (Lipinski definition) is 1. The first-order chi connectivity index (χ1) is 9.68. The zero-order chi connectivity index (χ0) is 14.4. The first-order valence-corrected chi connectivity index (χ1v) is 7.57. The first-order valence-electron chi connectivity index (χ1n) is 7.57. The SMILES string of the molecule is Cc1noc(C)c1CCCNC(=O)C1=CCCCCC1. The molecule has 0 fully saturated rings. The maximum Gasteiger partial charge on any atom is 0.246 e. The maximum absolute atomic E-state index is 12.0. The predicted octanol–water partition coefficient (Wildman–Crippen LogP) is 3.23. The number of carbonyl (C=O) groups is 1. The van der Waals surface area contributed by atoms with Crippen LogP contribution < -0.4 is 5.32 Å². The highest BCUT2D eigenvalue weighted by Gasteiger charge is 2.12. The van der Waals surface area contributed by atoms with Crippen LogP contribution in [-0.2, 0) is 11.2 Å². The Kier molecular flexibility index (Phi) is 5.39. The number of nitrogens with one attached hydrogen (secondary N) is 1. The van der Waals surface area contributed by atoms with Crippen molar-refractivity contribution >= 4 is 5.91 Å². The molecule has 110 valence electrons. The Labute approximate surface area is 120 Å². The largest absolute Gasteiger partial charge is 0.361 e. The lowest BCUT2D eigenvalue weighted by atomic mass is 10.1. The molecular weight excluding hydrogens is 252 g/mol. The van der Waals surface area contributed by atoms with Gasteiger partial charge in [-0.2, -0.15) is 0 Å². The van der Waals surface area contributed by atoms with Gasteiger partial charge in [0, 0.05) is 17.7 Å². The molecular formula is C16H24N2O2. The molecule has 0 unspecified atom stereocenters. The Balaban J connectivity index is 1.73. The van der Waals surface area contributed by atoms with Crippen molar-refractivity contribution in [2.75, 3.05) is 6.54 Å². The summed E-state index contributed by atoms with van der Waals surface area (Å²) in [5.74, 6) is 1.01. The molecule has 1 aliphatic carbocycles. The second-order valence-corrected chi connectivity index (χ2v) is 5.49. The van der Waals surface area contributed by atoms with Crippen LogP contribution >= 0.6 is 0 Å². The van der Waals surface area contributed by atoms with Gasteiger partial charge in [0.25, 0.3) is 0 Å². The van der Waals surface area contributed by atoms with Crippen LogP contribution in [0.5, 0.6) is 0 Å². The Bertz CT molecular complexity index is 469. The summed E-state index contributed by atoms with van der Waals surface area (Å²) in [6, 6.07) is 0. The smallest absolute Gasteiger partial charge is 0.246 e. The van der Waals surface area contributed by atoms with Gasteiger partial charge in [-0.05, 0) is 52.4 Å². The number of carbonyl (C=O) groups excluding carboxylic acids is 1. The van der Waals surface area contributed by atoms with Crippen molar-refractivity contribution < 1.29 is 9.32 Å². The minimum atomic E-state index is 0.116. The molecule has 0 atom stereocenters. The molecule has 0 spiro atoms. The number of aryl methyl sites for hydroxylation is 2. The summed E-state index contributed by atoms with van der Waals surface area (Å²) in [6.07, 6.45) is 9.48. The van der Waals surface area contributed by atoms with Gasteiger partial charge in [-0.25, -0.2) is 0 Å². The molecule has 0 aliphatic heterocycles. The molecule has 0 saturated carbocycles. The second-order valence-electron chi connectivity index (χ2n) is 5.49. The monoisotopic (exact) mass is 276 g/mol. The van der Waals surface area contributed by atoms with Gasteiger partial charge in [0.2, 0.25) is 5.91 Å². The van der Waals surface area contributed by atoms with E-state index in [1.54, 1.807) is 0 Å². The van der Waals surface area contributed by atoms with Crippen LogP contribution in [0.3, 0.4) is 0 Å². The van der Waals surface area contributed by atoms with Gasteiger partial charge in [0.05, 0.1) is 5.69 Å². The molecule has 1 aliphatic rings. The van der Waals surface area contributed by atoms with E-state index in [4.69, 9.17) is 4.52 Å². The van der Waals surface area contributed by atoms with Gasteiger partial charge in [0.1, 0.15) is 5.76 Å². The van der Waals surface area contributed by atoms with Crippen molar-refractivity contribution in [2.24, 2.45) is 0 Å². The van der Waals surface area contributed by atoms with Crippen LogP contribution in [-0.4, -0.2) is 17.6 Å². The van der Waals surface area contributed by atoms with E-state index in [0.29, 0.717) is 6.54 Å². The number of nitrogens with zero attached hydrogens (tertiary/aromatic N) is 1. The summed E-state index contributed by atoms with van der Waals surface area (Å²) in [5, 5.41) is 6.97.